The molecule has 0 amide bonds. The third-order valence-electron chi connectivity index (χ3n) is 18.0. The summed E-state index contributed by atoms with van der Waals surface area (Å²) in [6.07, 6.45) is 20.2. The van der Waals surface area contributed by atoms with E-state index in [9.17, 15) is 18.7 Å². The minimum Gasteiger partial charge on any atom is -0.772 e. The maximum Gasteiger partial charge on any atom is 0.309 e. The van der Waals surface area contributed by atoms with Gasteiger partial charge in [-0.15, -0.1) is 0 Å². The second-order valence-electron chi connectivity index (χ2n) is 20.4. The number of nitrogens with one attached hydrogen (secondary N) is 1. The number of piperidine rings is 1. The first kappa shape index (κ1) is 38.0. The van der Waals surface area contributed by atoms with Crippen LogP contribution in [0.3, 0.4) is 0 Å². The lowest BCUT2D eigenvalue weighted by molar-refractivity contribution is -0.221. The summed E-state index contributed by atoms with van der Waals surface area (Å²) in [4.78, 5) is 14.5. The van der Waals surface area contributed by atoms with E-state index in [0.717, 1.165) is 58.3 Å². The maximum absolute atomic E-state index is 12.0. The Bertz CT molecular complexity index is 1490. The number of aliphatic carboxylic acids is 1. The molecule has 51 heavy (non-hydrogen) atoms. The number of likely N-dealkylation sites (tertiary alicyclic amines) is 1. The molecule has 2 unspecified atom stereocenters. The Hall–Kier alpha value is -1.28. The van der Waals surface area contributed by atoms with Gasteiger partial charge in [-0.3, -0.25) is 9.00 Å². The van der Waals surface area contributed by atoms with Gasteiger partial charge in [0.15, 0.2) is 0 Å². The largest absolute Gasteiger partial charge is 0.772 e. The predicted octanol–water partition coefficient (Wildman–Crippen LogP) is 9.07. The smallest absolute Gasteiger partial charge is 0.309 e. The summed E-state index contributed by atoms with van der Waals surface area (Å²) in [6, 6.07) is 0. The minimum absolute atomic E-state index is 0.0817. The van der Waals surface area contributed by atoms with Crippen LogP contribution in [0.1, 0.15) is 138 Å². The molecule has 4 saturated carbocycles. The van der Waals surface area contributed by atoms with Gasteiger partial charge in [0.05, 0.1) is 5.41 Å². The molecule has 6 aliphatic carbocycles. The van der Waals surface area contributed by atoms with Crippen LogP contribution in [0.5, 0.6) is 0 Å². The molecule has 286 valence electrons. The van der Waals surface area contributed by atoms with Crippen LogP contribution in [0.15, 0.2) is 35.5 Å². The summed E-state index contributed by atoms with van der Waals surface area (Å²) < 4.78 is 23.0. The summed E-state index contributed by atoms with van der Waals surface area (Å²) in [5.74, 6) is 2.60. The van der Waals surface area contributed by atoms with Crippen LogP contribution in [-0.2, 0) is 15.9 Å². The Balaban J connectivity index is 1.12. The number of hydrogen-bond donors (Lipinski definition) is 2. The Kier molecular flexibility index (Phi) is 9.83. The van der Waals surface area contributed by atoms with Crippen LogP contribution >= 0.6 is 0 Å². The molecule has 7 heteroatoms. The second kappa shape index (κ2) is 13.2. The van der Waals surface area contributed by atoms with E-state index in [-0.39, 0.29) is 21.6 Å². The minimum atomic E-state index is -1.94. The third-order valence-corrected chi connectivity index (χ3v) is 19.0. The van der Waals surface area contributed by atoms with E-state index in [1.54, 1.807) is 0 Å². The number of rotatable bonds is 8. The molecule has 0 radical (unpaired) electrons. The third kappa shape index (κ3) is 5.86. The topological polar surface area (TPSA) is 92.7 Å². The van der Waals surface area contributed by atoms with Gasteiger partial charge >= 0.3 is 5.97 Å². The number of carboxylic acids is 1. The fourth-order valence-corrected chi connectivity index (χ4v) is 15.4. The summed E-state index contributed by atoms with van der Waals surface area (Å²) in [5, 5.41) is 14.0. The molecule has 5 fully saturated rings. The highest BCUT2D eigenvalue weighted by atomic mass is 32.2. The van der Waals surface area contributed by atoms with Gasteiger partial charge in [-0.2, -0.15) is 0 Å². The number of carbonyl (C=O) groups is 1. The van der Waals surface area contributed by atoms with Gasteiger partial charge in [-0.05, 0) is 179 Å². The van der Waals surface area contributed by atoms with Gasteiger partial charge < -0.3 is 19.9 Å². The SMILES string of the molecule is C=C(C)[C@@H]1CC[C@]2(NCCN3CCC(S(=O)[O-])CC3)CC[C@]3(C)[C@H](CC[C@@H]4[C@@]5(C)CC=C(C6=CCC(C)(C(=O)O)CC6)C(C)(C)[C@@H]5CC[C@]43C)[C@@H]12. The predicted molar refractivity (Wildman–Crippen MR) is 207 cm³/mol. The number of carboxylic acid groups (broad SMARTS) is 1. The van der Waals surface area contributed by atoms with E-state index in [1.807, 2.05) is 6.92 Å². The number of nitrogens with zero attached hydrogens (tertiary/aromatic N) is 1. The van der Waals surface area contributed by atoms with Crippen LogP contribution in [0.25, 0.3) is 0 Å². The average molecular weight is 722 g/mol. The second-order valence-corrected chi connectivity index (χ2v) is 21.6. The highest BCUT2D eigenvalue weighted by molar-refractivity contribution is 7.79. The summed E-state index contributed by atoms with van der Waals surface area (Å²) in [6.45, 7) is 25.8. The fraction of sp³-hybridized carbons (Fsp3) is 0.841. The molecule has 0 aromatic rings. The van der Waals surface area contributed by atoms with Crippen molar-refractivity contribution in [2.45, 2.75) is 149 Å². The average Bonchev–Trinajstić information content (AvgIpc) is 3.46. The van der Waals surface area contributed by atoms with Crippen molar-refractivity contribution in [3.63, 3.8) is 0 Å². The van der Waals surface area contributed by atoms with Crippen LogP contribution in [0.4, 0.5) is 0 Å². The number of fused-ring (bicyclic) bond motifs is 7. The van der Waals surface area contributed by atoms with Crippen LogP contribution in [-0.4, -0.2) is 61.7 Å². The van der Waals surface area contributed by atoms with E-state index < -0.39 is 22.5 Å². The zero-order valence-electron chi connectivity index (χ0n) is 33.1. The maximum atomic E-state index is 12.0. The standard InChI is InChI=1S/C44H70N2O4S/c1-29(2)32-13-22-44(45-25-28-46-26-16-31(17-27-46)51(49)50)24-23-42(7)34(37(32)44)9-10-36-41(6)20-14-33(30-11-18-40(5,19-12-30)38(47)48)39(3,4)35(41)15-21-43(36,42)8/h11,14,31-32,34-37,45H,1,9-10,12-13,15-28H2,2-8H3,(H,47,48)(H,49,50)/p-1/t32-,34+,35-,36+,37+,40?,41-,42+,43+,44-/m0/s1. The molecular weight excluding hydrogens is 653 g/mol. The van der Waals surface area contributed by atoms with Crippen molar-refractivity contribution in [2.24, 2.45) is 56.7 Å². The van der Waals surface area contributed by atoms with Crippen molar-refractivity contribution < 1.29 is 18.7 Å². The molecule has 7 rings (SSSR count). The van der Waals surface area contributed by atoms with Crippen molar-refractivity contribution in [1.29, 1.82) is 0 Å². The molecule has 0 aromatic carbocycles. The van der Waals surface area contributed by atoms with Crippen molar-refractivity contribution in [1.82, 2.24) is 10.2 Å². The molecule has 6 nitrogen and oxygen atoms in total. The van der Waals surface area contributed by atoms with Crippen molar-refractivity contribution in [3.05, 3.63) is 35.5 Å². The first-order valence-corrected chi connectivity index (χ1v) is 21.9. The summed E-state index contributed by atoms with van der Waals surface area (Å²) in [7, 11) is 0. The first-order valence-electron chi connectivity index (χ1n) is 20.8. The van der Waals surface area contributed by atoms with E-state index >= 15 is 0 Å². The quantitative estimate of drug-likeness (QED) is 0.192. The van der Waals surface area contributed by atoms with Crippen LogP contribution in [0.2, 0.25) is 0 Å². The van der Waals surface area contributed by atoms with Gasteiger partial charge in [0.1, 0.15) is 0 Å². The lowest BCUT2D eigenvalue weighted by Gasteiger charge is -2.72. The zero-order chi connectivity index (χ0) is 36.8. The van der Waals surface area contributed by atoms with Gasteiger partial charge in [0, 0.05) is 23.9 Å². The normalized spacial score (nSPS) is 46.1. The van der Waals surface area contributed by atoms with E-state index in [4.69, 9.17) is 0 Å². The molecular formula is C44H69N2O4S-. The number of hydrogen-bond acceptors (Lipinski definition) is 5. The lowest BCUT2D eigenvalue weighted by atomic mass is 9.33. The molecule has 11 atom stereocenters. The fourth-order valence-electron chi connectivity index (χ4n) is 14.8. The Labute approximate surface area is 312 Å². The van der Waals surface area contributed by atoms with Crippen LogP contribution in [0, 0.1) is 56.7 Å². The molecule has 0 aromatic heterocycles. The zero-order valence-corrected chi connectivity index (χ0v) is 33.9. The molecule has 2 N–H and O–H groups in total. The Morgan fingerprint density at radius 1 is 0.922 bits per heavy atom. The van der Waals surface area contributed by atoms with Gasteiger partial charge in [0.2, 0.25) is 0 Å². The highest BCUT2D eigenvalue weighted by Gasteiger charge is 2.70. The van der Waals surface area contributed by atoms with Crippen molar-refractivity contribution in [2.75, 3.05) is 26.2 Å². The Morgan fingerprint density at radius 2 is 1.65 bits per heavy atom. The van der Waals surface area contributed by atoms with Crippen molar-refractivity contribution in [3.8, 4) is 0 Å². The van der Waals surface area contributed by atoms with Crippen LogP contribution < -0.4 is 5.32 Å². The molecule has 1 heterocycles. The summed E-state index contributed by atoms with van der Waals surface area (Å²) in [5.41, 5.74) is 4.84. The molecule has 0 bridgehead atoms. The van der Waals surface area contributed by atoms with E-state index in [1.165, 1.54) is 68.1 Å². The van der Waals surface area contributed by atoms with E-state index in [2.05, 4.69) is 70.5 Å². The molecule has 7 aliphatic rings. The van der Waals surface area contributed by atoms with E-state index in [0.29, 0.717) is 46.8 Å². The Morgan fingerprint density at radius 3 is 2.27 bits per heavy atom. The van der Waals surface area contributed by atoms with Gasteiger partial charge in [0.25, 0.3) is 0 Å². The van der Waals surface area contributed by atoms with Gasteiger partial charge in [-0.25, -0.2) is 0 Å². The number of allylic oxidation sites excluding steroid dienone is 5. The van der Waals surface area contributed by atoms with Crippen molar-refractivity contribution >= 4 is 17.0 Å². The molecule has 0 spiro atoms. The molecule has 1 saturated heterocycles. The molecule has 1 aliphatic heterocycles. The summed E-state index contributed by atoms with van der Waals surface area (Å²) >= 11 is -1.94. The van der Waals surface area contributed by atoms with Gasteiger partial charge in [-0.1, -0.05) is 70.0 Å². The highest BCUT2D eigenvalue weighted by Crippen LogP contribution is 2.76. The monoisotopic (exact) mass is 721 g/mol. The lowest BCUT2D eigenvalue weighted by Crippen LogP contribution is -2.68. The first-order chi connectivity index (χ1) is 23.9.